The Kier molecular flexibility index (Phi) is 46.4. The van der Waals surface area contributed by atoms with Crippen molar-refractivity contribution >= 4 is 17.9 Å². The van der Waals surface area contributed by atoms with Crippen molar-refractivity contribution in [3.63, 3.8) is 0 Å². The maximum absolute atomic E-state index is 12.8. The van der Waals surface area contributed by atoms with Crippen LogP contribution in [0.2, 0.25) is 0 Å². The van der Waals surface area contributed by atoms with E-state index < -0.39 is 12.1 Å². The van der Waals surface area contributed by atoms with Crippen LogP contribution in [0.4, 0.5) is 0 Å². The number of esters is 3. The average Bonchev–Trinajstić information content (AvgIpc) is 3.24. The highest BCUT2D eigenvalue weighted by molar-refractivity contribution is 5.72. The van der Waals surface area contributed by atoms with Gasteiger partial charge in [0.1, 0.15) is 13.2 Å². The Labute approximate surface area is 370 Å². The molecule has 0 N–H and O–H groups in total. The Hall–Kier alpha value is -2.89. The Morgan fingerprint density at radius 1 is 0.350 bits per heavy atom. The number of carbonyl (C=O) groups excluding carboxylic acids is 3. The highest BCUT2D eigenvalue weighted by Gasteiger charge is 2.19. The summed E-state index contributed by atoms with van der Waals surface area (Å²) in [5.41, 5.74) is 0. The van der Waals surface area contributed by atoms with E-state index in [-0.39, 0.29) is 31.6 Å². The predicted octanol–water partition coefficient (Wildman–Crippen LogP) is 16.5. The quantitative estimate of drug-likeness (QED) is 0.0263. The van der Waals surface area contributed by atoms with Crippen molar-refractivity contribution in [1.29, 1.82) is 0 Å². The molecule has 0 fully saturated rings. The minimum Gasteiger partial charge on any atom is -0.462 e. The molecule has 0 aliphatic rings. The topological polar surface area (TPSA) is 78.9 Å². The van der Waals surface area contributed by atoms with Gasteiger partial charge in [-0.2, -0.15) is 0 Å². The summed E-state index contributed by atoms with van der Waals surface area (Å²) in [6, 6.07) is 0. The fraction of sp³-hybridized carbons (Fsp3) is 0.759. The largest absolute Gasteiger partial charge is 0.462 e. The molecule has 0 saturated heterocycles. The van der Waals surface area contributed by atoms with Crippen LogP contribution < -0.4 is 0 Å². The molecule has 6 nitrogen and oxygen atoms in total. The molecule has 0 amide bonds. The molecule has 0 aromatic heterocycles. The van der Waals surface area contributed by atoms with Crippen molar-refractivity contribution in [3.8, 4) is 0 Å². The van der Waals surface area contributed by atoms with Gasteiger partial charge in [0.2, 0.25) is 0 Å². The van der Waals surface area contributed by atoms with E-state index in [4.69, 9.17) is 14.2 Å². The number of hydrogen-bond donors (Lipinski definition) is 0. The van der Waals surface area contributed by atoms with Gasteiger partial charge >= 0.3 is 17.9 Å². The summed E-state index contributed by atoms with van der Waals surface area (Å²) < 4.78 is 16.7. The first-order valence-corrected chi connectivity index (χ1v) is 25.3. The van der Waals surface area contributed by atoms with E-state index in [1.54, 1.807) is 6.08 Å². The van der Waals surface area contributed by atoms with Gasteiger partial charge in [-0.25, -0.2) is 0 Å². The van der Waals surface area contributed by atoms with Crippen LogP contribution in [0.15, 0.2) is 60.8 Å². The van der Waals surface area contributed by atoms with Crippen LogP contribution in [0.25, 0.3) is 0 Å². The first-order valence-electron chi connectivity index (χ1n) is 25.3. The van der Waals surface area contributed by atoms with Crippen molar-refractivity contribution in [3.05, 3.63) is 60.8 Å². The lowest BCUT2D eigenvalue weighted by Crippen LogP contribution is -2.30. The van der Waals surface area contributed by atoms with Gasteiger partial charge in [-0.05, 0) is 44.9 Å². The van der Waals surface area contributed by atoms with E-state index in [1.165, 1.54) is 135 Å². The number of hydrogen-bond acceptors (Lipinski definition) is 6. The molecule has 0 saturated carbocycles. The van der Waals surface area contributed by atoms with Gasteiger partial charge in [0, 0.05) is 12.8 Å². The van der Waals surface area contributed by atoms with Crippen LogP contribution in [0.1, 0.15) is 245 Å². The molecular weight excluding hydrogens is 745 g/mol. The summed E-state index contributed by atoms with van der Waals surface area (Å²) in [7, 11) is 0. The summed E-state index contributed by atoms with van der Waals surface area (Å²) >= 11 is 0. The molecule has 0 heterocycles. The van der Waals surface area contributed by atoms with Crippen molar-refractivity contribution in [2.45, 2.75) is 252 Å². The van der Waals surface area contributed by atoms with E-state index in [0.717, 1.165) is 70.6 Å². The summed E-state index contributed by atoms with van der Waals surface area (Å²) in [5.74, 6) is -1.03. The Morgan fingerprint density at radius 2 is 0.650 bits per heavy atom. The summed E-state index contributed by atoms with van der Waals surface area (Å²) in [5, 5.41) is 0. The van der Waals surface area contributed by atoms with Crippen LogP contribution in [-0.4, -0.2) is 37.2 Å². The van der Waals surface area contributed by atoms with Crippen molar-refractivity contribution in [2.24, 2.45) is 0 Å². The van der Waals surface area contributed by atoms with Crippen LogP contribution in [0, 0.1) is 0 Å². The SMILES string of the molecule is CC/C=C\C/C=C\C/C=C\C/C=C\C/C=C\CC(=O)OCC(COC(=O)CCCCCCCCCCCCCC)OC(=O)CCCCCCCCCCCCCCCCC. The Bertz CT molecular complexity index is 1100. The van der Waals surface area contributed by atoms with E-state index in [1.807, 2.05) is 6.08 Å². The minimum absolute atomic E-state index is 0.101. The van der Waals surface area contributed by atoms with Gasteiger partial charge < -0.3 is 14.2 Å². The monoisotopic (exact) mass is 839 g/mol. The van der Waals surface area contributed by atoms with Crippen LogP contribution >= 0.6 is 0 Å². The van der Waals surface area contributed by atoms with Crippen molar-refractivity contribution in [1.82, 2.24) is 0 Å². The van der Waals surface area contributed by atoms with Gasteiger partial charge in [-0.1, -0.05) is 242 Å². The molecule has 0 spiro atoms. The van der Waals surface area contributed by atoms with Crippen LogP contribution in [0.3, 0.4) is 0 Å². The molecule has 1 unspecified atom stereocenters. The number of rotatable bonds is 45. The normalized spacial score (nSPS) is 12.5. The molecule has 0 aliphatic heterocycles. The summed E-state index contributed by atoms with van der Waals surface area (Å²) in [6.07, 6.45) is 59.4. The molecule has 0 aromatic carbocycles. The molecule has 0 radical (unpaired) electrons. The maximum Gasteiger partial charge on any atom is 0.309 e. The molecule has 1 atom stereocenters. The van der Waals surface area contributed by atoms with E-state index in [9.17, 15) is 14.4 Å². The summed E-state index contributed by atoms with van der Waals surface area (Å²) in [4.78, 5) is 37.8. The van der Waals surface area contributed by atoms with Gasteiger partial charge in [-0.3, -0.25) is 14.4 Å². The first kappa shape index (κ1) is 57.1. The molecule has 0 rings (SSSR count). The third kappa shape index (κ3) is 46.2. The Morgan fingerprint density at radius 3 is 1.02 bits per heavy atom. The second kappa shape index (κ2) is 48.8. The van der Waals surface area contributed by atoms with Crippen LogP contribution in [0.5, 0.6) is 0 Å². The molecule has 0 aromatic rings. The van der Waals surface area contributed by atoms with Crippen LogP contribution in [-0.2, 0) is 28.6 Å². The minimum atomic E-state index is -0.808. The fourth-order valence-corrected chi connectivity index (χ4v) is 7.05. The molecule has 0 aliphatic carbocycles. The highest BCUT2D eigenvalue weighted by Crippen LogP contribution is 2.15. The zero-order chi connectivity index (χ0) is 43.7. The van der Waals surface area contributed by atoms with Gasteiger partial charge in [0.15, 0.2) is 6.10 Å². The smallest absolute Gasteiger partial charge is 0.309 e. The highest BCUT2D eigenvalue weighted by atomic mass is 16.6. The maximum atomic E-state index is 12.8. The Balaban J connectivity index is 4.47. The summed E-state index contributed by atoms with van der Waals surface area (Å²) in [6.45, 7) is 6.44. The number of ether oxygens (including phenoxy) is 3. The number of carbonyl (C=O) groups is 3. The zero-order valence-corrected chi connectivity index (χ0v) is 39.5. The predicted molar refractivity (Wildman–Crippen MR) is 256 cm³/mol. The van der Waals surface area contributed by atoms with Gasteiger partial charge in [-0.15, -0.1) is 0 Å². The molecule has 6 heteroatoms. The molecular formula is C54H94O6. The lowest BCUT2D eigenvalue weighted by Gasteiger charge is -2.18. The third-order valence-electron chi connectivity index (χ3n) is 10.8. The number of unbranched alkanes of at least 4 members (excludes halogenated alkanes) is 25. The van der Waals surface area contributed by atoms with Crippen molar-refractivity contribution in [2.75, 3.05) is 13.2 Å². The second-order valence-corrected chi connectivity index (χ2v) is 16.7. The van der Waals surface area contributed by atoms with Crippen molar-refractivity contribution < 1.29 is 28.6 Å². The molecule has 60 heavy (non-hydrogen) atoms. The lowest BCUT2D eigenvalue weighted by atomic mass is 10.0. The van der Waals surface area contributed by atoms with E-state index >= 15 is 0 Å². The lowest BCUT2D eigenvalue weighted by molar-refractivity contribution is -0.166. The van der Waals surface area contributed by atoms with E-state index in [2.05, 4.69) is 69.4 Å². The standard InChI is InChI=1S/C54H94O6/c1-4-7-10-13-16-19-22-25-27-29-32-35-38-41-44-47-53(56)59-50-51(49-58-52(55)46-43-40-37-34-31-24-21-18-15-12-9-6-3)60-54(57)48-45-42-39-36-33-30-28-26-23-20-17-14-11-8-5-2/h7,10,16,19,25,27,32,35,41,44,51H,4-6,8-9,11-15,17-18,20-24,26,28-31,33-34,36-40,42-43,45-50H2,1-3H3/b10-7-,19-16-,27-25-,35-32-,44-41-. The molecule has 0 bridgehead atoms. The average molecular weight is 839 g/mol. The van der Waals surface area contributed by atoms with E-state index in [0.29, 0.717) is 12.8 Å². The zero-order valence-electron chi connectivity index (χ0n) is 39.5. The first-order chi connectivity index (χ1) is 29.5. The third-order valence-corrected chi connectivity index (χ3v) is 10.8. The fourth-order valence-electron chi connectivity index (χ4n) is 7.05. The second-order valence-electron chi connectivity index (χ2n) is 16.7. The molecule has 346 valence electrons. The number of allylic oxidation sites excluding steroid dienone is 9. The van der Waals surface area contributed by atoms with Gasteiger partial charge in [0.05, 0.1) is 6.42 Å². The van der Waals surface area contributed by atoms with Gasteiger partial charge in [0.25, 0.3) is 0 Å².